The van der Waals surface area contributed by atoms with Crippen LogP contribution in [-0.4, -0.2) is 18.4 Å². The third-order valence-electron chi connectivity index (χ3n) is 2.05. The molecule has 0 spiro atoms. The van der Waals surface area contributed by atoms with Crippen LogP contribution in [0.3, 0.4) is 0 Å². The maximum Gasteiger partial charge on any atom is 0.316 e. The van der Waals surface area contributed by atoms with Crippen molar-refractivity contribution < 1.29 is 14.3 Å². The van der Waals surface area contributed by atoms with Gasteiger partial charge in [0.1, 0.15) is 11.7 Å². The Bertz CT molecular complexity index is 194. The molecule has 0 aromatic carbocycles. The van der Waals surface area contributed by atoms with Crippen LogP contribution >= 0.6 is 0 Å². The van der Waals surface area contributed by atoms with Crippen LogP contribution in [0.25, 0.3) is 0 Å². The molecule has 0 aromatic rings. The molecule has 1 atom stereocenters. The summed E-state index contributed by atoms with van der Waals surface area (Å²) >= 11 is 0. The van der Waals surface area contributed by atoms with E-state index in [0.717, 1.165) is 12.8 Å². The van der Waals surface area contributed by atoms with Gasteiger partial charge in [-0.2, -0.15) is 0 Å². The van der Waals surface area contributed by atoms with Gasteiger partial charge in [-0.25, -0.2) is 0 Å². The van der Waals surface area contributed by atoms with Gasteiger partial charge in [-0.05, 0) is 26.7 Å². The van der Waals surface area contributed by atoms with Crippen molar-refractivity contribution in [2.75, 3.05) is 6.61 Å². The summed E-state index contributed by atoms with van der Waals surface area (Å²) in [7, 11) is 0. The maximum atomic E-state index is 11.3. The monoisotopic (exact) mass is 170 g/mol. The minimum Gasteiger partial charge on any atom is -0.465 e. The van der Waals surface area contributed by atoms with E-state index in [4.69, 9.17) is 4.74 Å². The van der Waals surface area contributed by atoms with Gasteiger partial charge >= 0.3 is 5.97 Å². The third-order valence-corrected chi connectivity index (χ3v) is 2.05. The Morgan fingerprint density at radius 2 is 2.08 bits per heavy atom. The van der Waals surface area contributed by atoms with Gasteiger partial charge in [0.25, 0.3) is 0 Å². The molecule has 1 fully saturated rings. The number of carbonyl (C=O) groups excluding carboxylic acids is 2. The molecule has 68 valence electrons. The Balaban J connectivity index is 2.39. The molecular weight excluding hydrogens is 156 g/mol. The second-order valence-corrected chi connectivity index (χ2v) is 3.15. The molecule has 0 bridgehead atoms. The second kappa shape index (κ2) is 3.70. The zero-order valence-corrected chi connectivity index (χ0v) is 7.50. The Kier molecular flexibility index (Phi) is 2.84. The SMILES string of the molecule is CCOC(=O)C(C)C(=O)C1CC1. The van der Waals surface area contributed by atoms with E-state index in [9.17, 15) is 9.59 Å². The van der Waals surface area contributed by atoms with Crippen LogP contribution in [0, 0.1) is 11.8 Å². The van der Waals surface area contributed by atoms with Gasteiger partial charge in [-0.15, -0.1) is 0 Å². The molecule has 0 N–H and O–H groups in total. The Morgan fingerprint density at radius 1 is 1.50 bits per heavy atom. The molecule has 0 aromatic heterocycles. The Hall–Kier alpha value is -0.860. The van der Waals surface area contributed by atoms with Crippen LogP contribution in [0.15, 0.2) is 0 Å². The standard InChI is InChI=1S/C9H14O3/c1-3-12-9(11)6(2)8(10)7-4-5-7/h6-7H,3-5H2,1-2H3. The largest absolute Gasteiger partial charge is 0.465 e. The van der Waals surface area contributed by atoms with Crippen molar-refractivity contribution in [2.24, 2.45) is 11.8 Å². The first-order valence-electron chi connectivity index (χ1n) is 4.37. The van der Waals surface area contributed by atoms with Crippen molar-refractivity contribution in [1.82, 2.24) is 0 Å². The van der Waals surface area contributed by atoms with Gasteiger partial charge in [0.2, 0.25) is 0 Å². The van der Waals surface area contributed by atoms with E-state index < -0.39 is 5.92 Å². The van der Waals surface area contributed by atoms with Crippen molar-refractivity contribution in [1.29, 1.82) is 0 Å². The van der Waals surface area contributed by atoms with Gasteiger partial charge < -0.3 is 4.74 Å². The molecule has 0 heterocycles. The van der Waals surface area contributed by atoms with E-state index in [2.05, 4.69) is 0 Å². The maximum absolute atomic E-state index is 11.3. The molecule has 0 amide bonds. The summed E-state index contributed by atoms with van der Waals surface area (Å²) in [5.74, 6) is -0.746. The summed E-state index contributed by atoms with van der Waals surface area (Å²) in [5, 5.41) is 0. The van der Waals surface area contributed by atoms with Gasteiger partial charge in [0.15, 0.2) is 0 Å². The third kappa shape index (κ3) is 2.06. The van der Waals surface area contributed by atoms with Gasteiger partial charge in [-0.3, -0.25) is 9.59 Å². The highest BCUT2D eigenvalue weighted by Crippen LogP contribution is 2.32. The first-order valence-corrected chi connectivity index (χ1v) is 4.37. The lowest BCUT2D eigenvalue weighted by molar-refractivity contribution is -0.151. The van der Waals surface area contributed by atoms with Crippen molar-refractivity contribution >= 4 is 11.8 Å². The summed E-state index contributed by atoms with van der Waals surface area (Å²) in [6, 6.07) is 0. The number of Topliss-reactive ketones (excluding diaryl/α,β-unsaturated/α-hetero) is 1. The number of carbonyl (C=O) groups is 2. The molecular formula is C9H14O3. The molecule has 3 nitrogen and oxygen atoms in total. The van der Waals surface area contributed by atoms with Crippen LogP contribution in [0.4, 0.5) is 0 Å². The van der Waals surface area contributed by atoms with Gasteiger partial charge in [-0.1, -0.05) is 0 Å². The van der Waals surface area contributed by atoms with Crippen LogP contribution in [0.1, 0.15) is 26.7 Å². The molecule has 1 aliphatic carbocycles. The smallest absolute Gasteiger partial charge is 0.316 e. The zero-order valence-electron chi connectivity index (χ0n) is 7.50. The fourth-order valence-electron chi connectivity index (χ4n) is 1.10. The molecule has 1 unspecified atom stereocenters. The first kappa shape index (κ1) is 9.23. The van der Waals surface area contributed by atoms with Gasteiger partial charge in [0, 0.05) is 5.92 Å². The highest BCUT2D eigenvalue weighted by molar-refractivity contribution is 6.00. The summed E-state index contributed by atoms with van der Waals surface area (Å²) < 4.78 is 4.74. The predicted octanol–water partition coefficient (Wildman–Crippen LogP) is 1.16. The van der Waals surface area contributed by atoms with Crippen molar-refractivity contribution in [3.63, 3.8) is 0 Å². The fraction of sp³-hybridized carbons (Fsp3) is 0.778. The highest BCUT2D eigenvalue weighted by Gasteiger charge is 2.36. The fourth-order valence-corrected chi connectivity index (χ4v) is 1.10. The summed E-state index contributed by atoms with van der Waals surface area (Å²) in [6.45, 7) is 3.71. The topological polar surface area (TPSA) is 43.4 Å². The van der Waals surface area contributed by atoms with Crippen molar-refractivity contribution in [3.8, 4) is 0 Å². The van der Waals surface area contributed by atoms with Crippen LogP contribution in [0.5, 0.6) is 0 Å². The molecule has 1 aliphatic rings. The predicted molar refractivity (Wildman–Crippen MR) is 43.5 cm³/mol. The average Bonchev–Trinajstić information content (AvgIpc) is 2.84. The Morgan fingerprint density at radius 3 is 2.50 bits per heavy atom. The molecule has 0 radical (unpaired) electrons. The van der Waals surface area contributed by atoms with E-state index in [1.165, 1.54) is 0 Å². The molecule has 3 heteroatoms. The van der Waals surface area contributed by atoms with E-state index in [-0.39, 0.29) is 17.7 Å². The second-order valence-electron chi connectivity index (χ2n) is 3.15. The van der Waals surface area contributed by atoms with Crippen molar-refractivity contribution in [2.45, 2.75) is 26.7 Å². The van der Waals surface area contributed by atoms with E-state index in [1.54, 1.807) is 13.8 Å². The van der Waals surface area contributed by atoms with E-state index in [1.807, 2.05) is 0 Å². The number of esters is 1. The lowest BCUT2D eigenvalue weighted by Crippen LogP contribution is -2.24. The molecule has 0 aliphatic heterocycles. The minimum atomic E-state index is -0.558. The zero-order chi connectivity index (χ0) is 9.14. The Labute approximate surface area is 72.1 Å². The lowest BCUT2D eigenvalue weighted by Gasteiger charge is -2.07. The van der Waals surface area contributed by atoms with Crippen LogP contribution in [0.2, 0.25) is 0 Å². The molecule has 1 saturated carbocycles. The summed E-state index contributed by atoms with van der Waals surface area (Å²) in [5.41, 5.74) is 0. The van der Waals surface area contributed by atoms with Crippen LogP contribution < -0.4 is 0 Å². The minimum absolute atomic E-state index is 0.0495. The van der Waals surface area contributed by atoms with E-state index >= 15 is 0 Å². The average molecular weight is 170 g/mol. The number of hydrogen-bond donors (Lipinski definition) is 0. The molecule has 1 rings (SSSR count). The summed E-state index contributed by atoms with van der Waals surface area (Å²) in [6.07, 6.45) is 1.89. The lowest BCUT2D eigenvalue weighted by atomic mass is 10.0. The number of ketones is 1. The quantitative estimate of drug-likeness (QED) is 0.469. The molecule has 0 saturated heterocycles. The normalized spacial score (nSPS) is 18.5. The number of ether oxygens (including phenoxy) is 1. The van der Waals surface area contributed by atoms with Gasteiger partial charge in [0.05, 0.1) is 6.61 Å². The first-order chi connectivity index (χ1) is 5.66. The van der Waals surface area contributed by atoms with Crippen molar-refractivity contribution in [3.05, 3.63) is 0 Å². The van der Waals surface area contributed by atoms with E-state index in [0.29, 0.717) is 6.61 Å². The number of rotatable bonds is 4. The molecule has 12 heavy (non-hydrogen) atoms. The number of hydrogen-bond acceptors (Lipinski definition) is 3. The highest BCUT2D eigenvalue weighted by atomic mass is 16.5. The summed E-state index contributed by atoms with van der Waals surface area (Å²) in [4.78, 5) is 22.4. The van der Waals surface area contributed by atoms with Crippen LogP contribution in [-0.2, 0) is 14.3 Å².